The van der Waals surface area contributed by atoms with E-state index < -0.39 is 9.84 Å². The average molecular weight is 288 g/mol. The summed E-state index contributed by atoms with van der Waals surface area (Å²) in [6.45, 7) is 0. The van der Waals surface area contributed by atoms with Crippen molar-refractivity contribution in [1.82, 2.24) is 0 Å². The lowest BCUT2D eigenvalue weighted by molar-refractivity contribution is -0.110. The van der Waals surface area contributed by atoms with Crippen LogP contribution in [0, 0.1) is 5.92 Å². The normalized spacial score (nSPS) is 28.6. The fourth-order valence-electron chi connectivity index (χ4n) is 1.26. The number of carbonyl (C=O) groups is 1. The molecule has 1 heterocycles. The maximum Gasteiger partial charge on any atom is 0.192 e. The SMILES string of the molecule is O=C(I)CC1CCS(=O)(=O)C1. The Hall–Kier alpha value is 0.350. The highest BCUT2D eigenvalue weighted by Gasteiger charge is 2.28. The Morgan fingerprint density at radius 1 is 1.55 bits per heavy atom. The van der Waals surface area contributed by atoms with Gasteiger partial charge < -0.3 is 0 Å². The molecule has 0 aliphatic carbocycles. The molecule has 0 amide bonds. The van der Waals surface area contributed by atoms with E-state index in [1.807, 2.05) is 0 Å². The molecular formula is C6H9IO3S. The van der Waals surface area contributed by atoms with Crippen LogP contribution in [0.25, 0.3) is 0 Å². The van der Waals surface area contributed by atoms with E-state index in [1.54, 1.807) is 22.6 Å². The zero-order chi connectivity index (χ0) is 8.48. The monoisotopic (exact) mass is 288 g/mol. The Labute approximate surface area is 79.6 Å². The van der Waals surface area contributed by atoms with Crippen molar-refractivity contribution in [2.45, 2.75) is 12.8 Å². The summed E-state index contributed by atoms with van der Waals surface area (Å²) < 4.78 is 21.9. The molecule has 1 aliphatic heterocycles. The molecule has 0 saturated carbocycles. The van der Waals surface area contributed by atoms with E-state index in [9.17, 15) is 13.2 Å². The summed E-state index contributed by atoms with van der Waals surface area (Å²) in [7, 11) is -2.80. The molecule has 11 heavy (non-hydrogen) atoms. The quantitative estimate of drug-likeness (QED) is 0.557. The minimum absolute atomic E-state index is 0.0599. The second kappa shape index (κ2) is 3.38. The van der Waals surface area contributed by atoms with Crippen molar-refractivity contribution in [3.8, 4) is 0 Å². The largest absolute Gasteiger partial charge is 0.288 e. The second-order valence-corrected chi connectivity index (χ2v) is 6.26. The standard InChI is InChI=1S/C6H9IO3S/c7-6(8)3-5-1-2-11(9,10)4-5/h5H,1-4H2. The van der Waals surface area contributed by atoms with Crippen molar-refractivity contribution in [3.05, 3.63) is 0 Å². The van der Waals surface area contributed by atoms with Gasteiger partial charge in [0.05, 0.1) is 11.5 Å². The zero-order valence-corrected chi connectivity index (χ0v) is 8.89. The lowest BCUT2D eigenvalue weighted by atomic mass is 10.1. The van der Waals surface area contributed by atoms with Crippen molar-refractivity contribution in [1.29, 1.82) is 0 Å². The maximum absolute atomic E-state index is 10.9. The van der Waals surface area contributed by atoms with Crippen LogP contribution in [0.2, 0.25) is 0 Å². The van der Waals surface area contributed by atoms with Gasteiger partial charge in [0.15, 0.2) is 13.6 Å². The first-order valence-electron chi connectivity index (χ1n) is 3.38. The molecule has 0 aromatic carbocycles. The van der Waals surface area contributed by atoms with Gasteiger partial charge in [0.25, 0.3) is 0 Å². The lowest BCUT2D eigenvalue weighted by Gasteiger charge is -2.00. The molecule has 0 aromatic rings. The van der Waals surface area contributed by atoms with E-state index in [0.717, 1.165) is 0 Å². The number of halogens is 1. The first kappa shape index (κ1) is 9.44. The summed E-state index contributed by atoms with van der Waals surface area (Å²) in [5, 5.41) is 0. The van der Waals surface area contributed by atoms with Crippen LogP contribution in [0.5, 0.6) is 0 Å². The minimum Gasteiger partial charge on any atom is -0.288 e. The van der Waals surface area contributed by atoms with Gasteiger partial charge in [-0.15, -0.1) is 0 Å². The Morgan fingerprint density at radius 3 is 2.55 bits per heavy atom. The van der Waals surface area contributed by atoms with Crippen LogP contribution < -0.4 is 0 Å². The average Bonchev–Trinajstić information content (AvgIpc) is 2.08. The highest BCUT2D eigenvalue weighted by molar-refractivity contribution is 14.1. The number of hydrogen-bond acceptors (Lipinski definition) is 3. The van der Waals surface area contributed by atoms with E-state index in [4.69, 9.17) is 0 Å². The molecule has 5 heteroatoms. The Balaban J connectivity index is 2.49. The van der Waals surface area contributed by atoms with E-state index in [-0.39, 0.29) is 21.2 Å². The Bertz CT molecular complexity index is 257. The number of rotatable bonds is 2. The van der Waals surface area contributed by atoms with E-state index >= 15 is 0 Å². The third-order valence-electron chi connectivity index (χ3n) is 1.78. The number of hydrogen-bond donors (Lipinski definition) is 0. The summed E-state index contributed by atoms with van der Waals surface area (Å²) in [6.07, 6.45) is 1.08. The van der Waals surface area contributed by atoms with Gasteiger partial charge in [0, 0.05) is 6.42 Å². The fourth-order valence-corrected chi connectivity index (χ4v) is 3.74. The topological polar surface area (TPSA) is 51.2 Å². The van der Waals surface area contributed by atoms with Gasteiger partial charge in [-0.2, -0.15) is 0 Å². The summed E-state index contributed by atoms with van der Waals surface area (Å²) in [5.41, 5.74) is 0. The smallest absolute Gasteiger partial charge is 0.192 e. The molecule has 0 aromatic heterocycles. The molecule has 1 unspecified atom stereocenters. The van der Waals surface area contributed by atoms with Gasteiger partial charge in [0.1, 0.15) is 0 Å². The molecule has 1 fully saturated rings. The third kappa shape index (κ3) is 3.06. The van der Waals surface area contributed by atoms with E-state index in [2.05, 4.69) is 0 Å². The summed E-state index contributed by atoms with van der Waals surface area (Å²) in [5.74, 6) is 0.563. The van der Waals surface area contributed by atoms with Crippen molar-refractivity contribution in [2.75, 3.05) is 11.5 Å². The lowest BCUT2D eigenvalue weighted by Crippen LogP contribution is -2.06. The predicted octanol–water partition coefficient (Wildman–Crippen LogP) is 0.773. The molecule has 0 spiro atoms. The van der Waals surface area contributed by atoms with Gasteiger partial charge in [0.2, 0.25) is 0 Å². The molecule has 1 saturated heterocycles. The summed E-state index contributed by atoms with van der Waals surface area (Å²) >= 11 is 1.71. The van der Waals surface area contributed by atoms with Gasteiger partial charge in [-0.05, 0) is 34.9 Å². The van der Waals surface area contributed by atoms with Crippen LogP contribution in [0.3, 0.4) is 0 Å². The van der Waals surface area contributed by atoms with Gasteiger partial charge in [-0.1, -0.05) is 0 Å². The maximum atomic E-state index is 10.9. The van der Waals surface area contributed by atoms with Gasteiger partial charge >= 0.3 is 0 Å². The van der Waals surface area contributed by atoms with Crippen LogP contribution in [0.1, 0.15) is 12.8 Å². The van der Waals surface area contributed by atoms with E-state index in [0.29, 0.717) is 12.8 Å². The van der Waals surface area contributed by atoms with Crippen molar-refractivity contribution in [3.63, 3.8) is 0 Å². The first-order chi connectivity index (χ1) is 4.99. The fraction of sp³-hybridized carbons (Fsp3) is 0.833. The van der Waals surface area contributed by atoms with Crippen LogP contribution >= 0.6 is 22.6 Å². The predicted molar refractivity (Wildman–Crippen MR) is 50.4 cm³/mol. The van der Waals surface area contributed by atoms with Crippen LogP contribution in [0.15, 0.2) is 0 Å². The Morgan fingerprint density at radius 2 is 2.18 bits per heavy atom. The van der Waals surface area contributed by atoms with Gasteiger partial charge in [-0.25, -0.2) is 8.42 Å². The highest BCUT2D eigenvalue weighted by Crippen LogP contribution is 2.22. The van der Waals surface area contributed by atoms with Crippen LogP contribution in [0.4, 0.5) is 0 Å². The molecule has 0 N–H and O–H groups in total. The zero-order valence-electron chi connectivity index (χ0n) is 5.92. The summed E-state index contributed by atoms with van der Waals surface area (Å²) in [4.78, 5) is 10.6. The number of sulfone groups is 1. The minimum atomic E-state index is -2.80. The molecule has 0 radical (unpaired) electrons. The molecule has 3 nitrogen and oxygen atoms in total. The van der Waals surface area contributed by atoms with Crippen molar-refractivity contribution < 1.29 is 13.2 Å². The number of carbonyl (C=O) groups excluding carboxylic acids is 1. The van der Waals surface area contributed by atoms with Gasteiger partial charge in [-0.3, -0.25) is 4.79 Å². The first-order valence-corrected chi connectivity index (χ1v) is 6.28. The Kier molecular flexibility index (Phi) is 2.90. The van der Waals surface area contributed by atoms with Crippen LogP contribution in [-0.4, -0.2) is 23.7 Å². The molecule has 1 aliphatic rings. The van der Waals surface area contributed by atoms with Crippen molar-refractivity contribution >= 4 is 36.2 Å². The van der Waals surface area contributed by atoms with E-state index in [1.165, 1.54) is 0 Å². The highest BCUT2D eigenvalue weighted by atomic mass is 127. The molecule has 64 valence electrons. The van der Waals surface area contributed by atoms with Crippen molar-refractivity contribution in [2.24, 2.45) is 5.92 Å². The molecule has 0 bridgehead atoms. The molecular weight excluding hydrogens is 279 g/mol. The molecule has 1 atom stereocenters. The third-order valence-corrected chi connectivity index (χ3v) is 4.05. The summed E-state index contributed by atoms with van der Waals surface area (Å²) in [6, 6.07) is 0. The molecule has 1 rings (SSSR count). The van der Waals surface area contributed by atoms with Crippen LogP contribution in [-0.2, 0) is 14.6 Å². The second-order valence-electron chi connectivity index (χ2n) is 2.83.